The molecular formula is C11H17ClN4O2. The van der Waals surface area contributed by atoms with E-state index in [0.717, 1.165) is 5.56 Å². The summed E-state index contributed by atoms with van der Waals surface area (Å²) in [6.45, 7) is 1.75. The van der Waals surface area contributed by atoms with Crippen molar-refractivity contribution < 1.29 is 9.59 Å². The summed E-state index contributed by atoms with van der Waals surface area (Å²) in [5, 5.41) is 5.97. The highest BCUT2D eigenvalue weighted by molar-refractivity contribution is 6.30. The van der Waals surface area contributed by atoms with Gasteiger partial charge in [0.2, 0.25) is 11.8 Å². The molecule has 18 heavy (non-hydrogen) atoms. The van der Waals surface area contributed by atoms with E-state index in [1.165, 1.54) is 0 Å². The van der Waals surface area contributed by atoms with Crippen LogP contribution in [0.1, 0.15) is 12.5 Å². The molecule has 0 bridgehead atoms. The third-order valence-corrected chi connectivity index (χ3v) is 2.72. The first kappa shape index (κ1) is 14.5. The Hall–Kier alpha value is -1.56. The highest BCUT2D eigenvalue weighted by Gasteiger charge is 2.19. The number of nitrogens with two attached hydrogens (primary N) is 1. The molecule has 0 spiro atoms. The van der Waals surface area contributed by atoms with Gasteiger partial charge in [-0.15, -0.1) is 11.6 Å². The molecule has 1 aromatic rings. The number of halogens is 1. The Labute approximate surface area is 110 Å². The number of hydrogen-bond acceptors (Lipinski definition) is 3. The summed E-state index contributed by atoms with van der Waals surface area (Å²) in [6, 6.07) is 0. The minimum absolute atomic E-state index is 0.181. The molecule has 0 saturated carbocycles. The number of amides is 2. The van der Waals surface area contributed by atoms with Crippen LogP contribution in [0.25, 0.3) is 0 Å². The van der Waals surface area contributed by atoms with Gasteiger partial charge in [0.15, 0.2) is 0 Å². The van der Waals surface area contributed by atoms with Gasteiger partial charge in [0.1, 0.15) is 5.38 Å². The highest BCUT2D eigenvalue weighted by Crippen LogP contribution is 2.07. The fourth-order valence-corrected chi connectivity index (χ4v) is 1.58. The topological polar surface area (TPSA) is 90.0 Å². The van der Waals surface area contributed by atoms with Crippen LogP contribution in [0.3, 0.4) is 0 Å². The Balaban J connectivity index is 2.55. The second-order valence-electron chi connectivity index (χ2n) is 4.19. The Morgan fingerprint density at radius 2 is 2.28 bits per heavy atom. The zero-order chi connectivity index (χ0) is 13.7. The molecule has 0 fully saturated rings. The lowest BCUT2D eigenvalue weighted by atomic mass is 10.0. The molecular weight excluding hydrogens is 256 g/mol. The smallest absolute Gasteiger partial charge is 0.237 e. The van der Waals surface area contributed by atoms with E-state index in [1.807, 2.05) is 6.20 Å². The summed E-state index contributed by atoms with van der Waals surface area (Å²) in [5.74, 6) is -1.23. The highest BCUT2D eigenvalue weighted by atomic mass is 35.5. The van der Waals surface area contributed by atoms with E-state index in [1.54, 1.807) is 24.9 Å². The standard InChI is InChI=1S/C11H17ClN4O2/c1-7(12)11(18)14-5-9(10(13)17)3-8-4-15-16(2)6-8/h4,6-7,9H,3,5H2,1-2H3,(H2,13,17)(H,14,18). The zero-order valence-electron chi connectivity index (χ0n) is 10.4. The van der Waals surface area contributed by atoms with Crippen molar-refractivity contribution in [3.63, 3.8) is 0 Å². The summed E-state index contributed by atoms with van der Waals surface area (Å²) in [5.41, 5.74) is 6.20. The molecule has 0 aliphatic heterocycles. The van der Waals surface area contributed by atoms with E-state index in [2.05, 4.69) is 10.4 Å². The molecule has 1 heterocycles. The largest absolute Gasteiger partial charge is 0.369 e. The van der Waals surface area contributed by atoms with Gasteiger partial charge in [-0.25, -0.2) is 0 Å². The van der Waals surface area contributed by atoms with Crippen LogP contribution in [0.4, 0.5) is 0 Å². The third kappa shape index (κ3) is 4.37. The van der Waals surface area contributed by atoms with Crippen LogP contribution in [-0.4, -0.2) is 33.5 Å². The summed E-state index contributed by atoms with van der Waals surface area (Å²) in [4.78, 5) is 22.6. The van der Waals surface area contributed by atoms with Gasteiger partial charge in [0, 0.05) is 19.8 Å². The number of alkyl halides is 1. The van der Waals surface area contributed by atoms with Crippen molar-refractivity contribution in [3.05, 3.63) is 18.0 Å². The van der Waals surface area contributed by atoms with E-state index in [9.17, 15) is 9.59 Å². The molecule has 2 atom stereocenters. The first-order chi connectivity index (χ1) is 8.40. The lowest BCUT2D eigenvalue weighted by Gasteiger charge is -2.14. The van der Waals surface area contributed by atoms with Gasteiger partial charge >= 0.3 is 0 Å². The van der Waals surface area contributed by atoms with Gasteiger partial charge in [-0.1, -0.05) is 0 Å². The van der Waals surface area contributed by atoms with Gasteiger partial charge in [-0.05, 0) is 18.9 Å². The van der Waals surface area contributed by atoms with Crippen molar-refractivity contribution in [2.24, 2.45) is 18.7 Å². The molecule has 0 saturated heterocycles. The molecule has 2 amide bonds. The average molecular weight is 273 g/mol. The zero-order valence-corrected chi connectivity index (χ0v) is 11.1. The van der Waals surface area contributed by atoms with Crippen molar-refractivity contribution in [2.75, 3.05) is 6.54 Å². The van der Waals surface area contributed by atoms with Crippen molar-refractivity contribution in [3.8, 4) is 0 Å². The van der Waals surface area contributed by atoms with E-state index in [0.29, 0.717) is 6.42 Å². The molecule has 3 N–H and O–H groups in total. The van der Waals surface area contributed by atoms with E-state index < -0.39 is 17.2 Å². The van der Waals surface area contributed by atoms with Gasteiger partial charge in [-0.2, -0.15) is 5.10 Å². The number of hydrogen-bond donors (Lipinski definition) is 2. The number of nitrogens with one attached hydrogen (secondary N) is 1. The Morgan fingerprint density at radius 1 is 1.61 bits per heavy atom. The van der Waals surface area contributed by atoms with Gasteiger partial charge in [-0.3, -0.25) is 14.3 Å². The predicted molar refractivity (Wildman–Crippen MR) is 67.9 cm³/mol. The fourth-order valence-electron chi connectivity index (χ4n) is 1.50. The van der Waals surface area contributed by atoms with Gasteiger partial charge < -0.3 is 11.1 Å². The van der Waals surface area contributed by atoms with Crippen LogP contribution < -0.4 is 11.1 Å². The molecule has 2 unspecified atom stereocenters. The summed E-state index contributed by atoms with van der Waals surface area (Å²) in [7, 11) is 1.79. The van der Waals surface area contributed by atoms with E-state index in [-0.39, 0.29) is 12.5 Å². The van der Waals surface area contributed by atoms with Crippen LogP contribution in [0.15, 0.2) is 12.4 Å². The lowest BCUT2D eigenvalue weighted by Crippen LogP contribution is -2.39. The van der Waals surface area contributed by atoms with Gasteiger partial charge in [0.25, 0.3) is 0 Å². The summed E-state index contributed by atoms with van der Waals surface area (Å²) >= 11 is 5.61. The number of aromatic nitrogens is 2. The molecule has 0 aliphatic carbocycles. The summed E-state index contributed by atoms with van der Waals surface area (Å²) in [6.07, 6.45) is 3.92. The molecule has 0 aliphatic rings. The Morgan fingerprint density at radius 3 is 2.72 bits per heavy atom. The number of nitrogens with zero attached hydrogens (tertiary/aromatic N) is 2. The first-order valence-electron chi connectivity index (χ1n) is 5.58. The molecule has 0 aromatic carbocycles. The van der Waals surface area contributed by atoms with Crippen LogP contribution in [0.2, 0.25) is 0 Å². The van der Waals surface area contributed by atoms with Crippen molar-refractivity contribution >= 4 is 23.4 Å². The molecule has 1 rings (SSSR count). The van der Waals surface area contributed by atoms with Crippen LogP contribution in [0.5, 0.6) is 0 Å². The number of aryl methyl sites for hydroxylation is 1. The van der Waals surface area contributed by atoms with Crippen molar-refractivity contribution in [2.45, 2.75) is 18.7 Å². The number of carbonyl (C=O) groups excluding carboxylic acids is 2. The molecule has 100 valence electrons. The number of primary amides is 1. The SMILES string of the molecule is CC(Cl)C(=O)NCC(Cc1cnn(C)c1)C(N)=O. The van der Waals surface area contributed by atoms with E-state index in [4.69, 9.17) is 17.3 Å². The van der Waals surface area contributed by atoms with Gasteiger partial charge in [0.05, 0.1) is 12.1 Å². The van der Waals surface area contributed by atoms with Crippen LogP contribution >= 0.6 is 11.6 Å². The first-order valence-corrected chi connectivity index (χ1v) is 6.02. The maximum absolute atomic E-state index is 11.3. The molecule has 6 nitrogen and oxygen atoms in total. The second-order valence-corrected chi connectivity index (χ2v) is 4.84. The number of rotatable bonds is 6. The van der Waals surface area contributed by atoms with E-state index >= 15 is 0 Å². The minimum Gasteiger partial charge on any atom is -0.369 e. The third-order valence-electron chi connectivity index (χ3n) is 2.53. The Kier molecular flexibility index (Phi) is 5.15. The lowest BCUT2D eigenvalue weighted by molar-refractivity contribution is -0.123. The molecule has 1 aromatic heterocycles. The van der Waals surface area contributed by atoms with Crippen molar-refractivity contribution in [1.29, 1.82) is 0 Å². The van der Waals surface area contributed by atoms with Crippen LogP contribution in [-0.2, 0) is 23.1 Å². The normalized spacial score (nSPS) is 13.9. The fraction of sp³-hybridized carbons (Fsp3) is 0.545. The minimum atomic E-state index is -0.628. The molecule has 0 radical (unpaired) electrons. The quantitative estimate of drug-likeness (QED) is 0.703. The van der Waals surface area contributed by atoms with Crippen LogP contribution in [0, 0.1) is 5.92 Å². The summed E-state index contributed by atoms with van der Waals surface area (Å²) < 4.78 is 1.65. The predicted octanol–water partition coefficient (Wildman–Crippen LogP) is -0.192. The maximum Gasteiger partial charge on any atom is 0.237 e. The van der Waals surface area contributed by atoms with Crippen molar-refractivity contribution in [1.82, 2.24) is 15.1 Å². The number of carbonyl (C=O) groups is 2. The average Bonchev–Trinajstić information content (AvgIpc) is 2.69. The molecule has 7 heteroatoms. The maximum atomic E-state index is 11.3. The second kappa shape index (κ2) is 6.39. The Bertz CT molecular complexity index is 430. The monoisotopic (exact) mass is 272 g/mol.